The zero-order valence-corrected chi connectivity index (χ0v) is 29.0. The summed E-state index contributed by atoms with van der Waals surface area (Å²) in [7, 11) is 7.54. The fourth-order valence-electron chi connectivity index (χ4n) is 4.98. The number of rotatable bonds is 14. The summed E-state index contributed by atoms with van der Waals surface area (Å²) < 4.78 is 41.8. The van der Waals surface area contributed by atoms with Crippen molar-refractivity contribution in [2.75, 3.05) is 47.9 Å². The summed E-state index contributed by atoms with van der Waals surface area (Å²) in [6.45, 7) is 6.21. The minimum Gasteiger partial charge on any atom is -0.496 e. The SMILES string of the molecule is COc1cc(OC)c2c(=O)c(OCCCSc3nnc(C)n3N=Cc3ccc(C)c(C)c3)c(-c3cc(OC)c(OC)c(OC)c3)oc2c1. The molecule has 0 bridgehead atoms. The molecular weight excluding hydrogens is 636 g/mol. The van der Waals surface area contributed by atoms with E-state index in [1.54, 1.807) is 35.2 Å². The summed E-state index contributed by atoms with van der Waals surface area (Å²) in [5.41, 5.74) is 3.76. The van der Waals surface area contributed by atoms with E-state index in [0.717, 1.165) is 5.56 Å². The van der Waals surface area contributed by atoms with Gasteiger partial charge in [-0.25, -0.2) is 0 Å². The van der Waals surface area contributed by atoms with Crippen LogP contribution < -0.4 is 33.8 Å². The molecule has 0 fully saturated rings. The number of fused-ring (bicyclic) bond motifs is 1. The van der Waals surface area contributed by atoms with E-state index in [9.17, 15) is 4.79 Å². The highest BCUT2D eigenvalue weighted by Gasteiger charge is 2.24. The van der Waals surface area contributed by atoms with Crippen LogP contribution in [0.2, 0.25) is 0 Å². The van der Waals surface area contributed by atoms with Crippen LogP contribution in [0.5, 0.6) is 34.5 Å². The van der Waals surface area contributed by atoms with Gasteiger partial charge in [0.15, 0.2) is 23.1 Å². The van der Waals surface area contributed by atoms with Gasteiger partial charge in [-0.3, -0.25) is 4.79 Å². The van der Waals surface area contributed by atoms with Gasteiger partial charge < -0.3 is 32.8 Å². The second kappa shape index (κ2) is 15.2. The summed E-state index contributed by atoms with van der Waals surface area (Å²) in [6.07, 6.45) is 2.37. The summed E-state index contributed by atoms with van der Waals surface area (Å²) >= 11 is 1.49. The van der Waals surface area contributed by atoms with Crippen molar-refractivity contribution < 1.29 is 32.8 Å². The number of hydrogen-bond acceptors (Lipinski definition) is 12. The Morgan fingerprint density at radius 3 is 2.21 bits per heavy atom. The van der Waals surface area contributed by atoms with Crippen LogP contribution in [0.15, 0.2) is 61.9 Å². The molecule has 0 aliphatic rings. The predicted molar refractivity (Wildman–Crippen MR) is 185 cm³/mol. The van der Waals surface area contributed by atoms with E-state index in [0.29, 0.717) is 57.5 Å². The molecule has 2 aromatic heterocycles. The Morgan fingerprint density at radius 1 is 0.833 bits per heavy atom. The lowest BCUT2D eigenvalue weighted by Crippen LogP contribution is -2.13. The Balaban J connectivity index is 1.42. The Morgan fingerprint density at radius 2 is 1.56 bits per heavy atom. The Labute approximate surface area is 282 Å². The third-order valence-electron chi connectivity index (χ3n) is 7.66. The summed E-state index contributed by atoms with van der Waals surface area (Å²) in [5, 5.41) is 14.0. The number of hydrogen-bond donors (Lipinski definition) is 0. The second-order valence-electron chi connectivity index (χ2n) is 10.7. The molecule has 12 nitrogen and oxygen atoms in total. The first-order valence-electron chi connectivity index (χ1n) is 15.0. The highest BCUT2D eigenvalue weighted by atomic mass is 32.2. The molecule has 0 N–H and O–H groups in total. The molecule has 0 saturated carbocycles. The molecule has 252 valence electrons. The van der Waals surface area contributed by atoms with Gasteiger partial charge >= 0.3 is 0 Å². The van der Waals surface area contributed by atoms with Crippen molar-refractivity contribution in [1.82, 2.24) is 14.9 Å². The van der Waals surface area contributed by atoms with E-state index in [1.165, 1.54) is 58.4 Å². The molecule has 5 rings (SSSR count). The molecule has 0 aliphatic heterocycles. The average Bonchev–Trinajstić information content (AvgIpc) is 3.46. The summed E-state index contributed by atoms with van der Waals surface area (Å²) in [5.74, 6) is 3.43. The van der Waals surface area contributed by atoms with Crippen molar-refractivity contribution in [2.45, 2.75) is 32.3 Å². The monoisotopic (exact) mass is 674 g/mol. The highest BCUT2D eigenvalue weighted by Crippen LogP contribution is 2.44. The van der Waals surface area contributed by atoms with Crippen LogP contribution in [-0.4, -0.2) is 69.0 Å². The van der Waals surface area contributed by atoms with Crippen molar-refractivity contribution in [1.29, 1.82) is 0 Å². The van der Waals surface area contributed by atoms with E-state index >= 15 is 0 Å². The van der Waals surface area contributed by atoms with Crippen molar-refractivity contribution in [3.63, 3.8) is 0 Å². The number of nitrogens with zero attached hydrogens (tertiary/aromatic N) is 4. The fourth-order valence-corrected chi connectivity index (χ4v) is 5.83. The maximum atomic E-state index is 14.1. The summed E-state index contributed by atoms with van der Waals surface area (Å²) in [6, 6.07) is 12.8. The molecule has 5 aromatic rings. The van der Waals surface area contributed by atoms with Crippen LogP contribution >= 0.6 is 11.8 Å². The van der Waals surface area contributed by atoms with E-state index in [-0.39, 0.29) is 29.1 Å². The van der Waals surface area contributed by atoms with Crippen LogP contribution in [0, 0.1) is 20.8 Å². The third-order valence-corrected chi connectivity index (χ3v) is 8.67. The van der Waals surface area contributed by atoms with E-state index in [1.807, 2.05) is 13.0 Å². The number of methoxy groups -OCH3 is 5. The number of aryl methyl sites for hydroxylation is 3. The lowest BCUT2D eigenvalue weighted by molar-refractivity contribution is 0.309. The summed E-state index contributed by atoms with van der Waals surface area (Å²) in [4.78, 5) is 14.1. The van der Waals surface area contributed by atoms with E-state index in [2.05, 4.69) is 41.3 Å². The van der Waals surface area contributed by atoms with Crippen LogP contribution in [-0.2, 0) is 0 Å². The first-order chi connectivity index (χ1) is 23.2. The molecule has 0 unspecified atom stereocenters. The van der Waals surface area contributed by atoms with E-state index < -0.39 is 5.43 Å². The first-order valence-corrected chi connectivity index (χ1v) is 16.0. The van der Waals surface area contributed by atoms with Gasteiger partial charge in [0.25, 0.3) is 0 Å². The fraction of sp³-hybridized carbons (Fsp3) is 0.314. The first kappa shape index (κ1) is 34.2. The smallest absolute Gasteiger partial charge is 0.239 e. The maximum absolute atomic E-state index is 14.1. The third kappa shape index (κ3) is 7.05. The number of aromatic nitrogens is 3. The highest BCUT2D eigenvalue weighted by molar-refractivity contribution is 7.99. The largest absolute Gasteiger partial charge is 0.496 e. The van der Waals surface area contributed by atoms with Gasteiger partial charge in [-0.15, -0.1) is 10.2 Å². The topological polar surface area (TPSA) is 129 Å². The zero-order chi connectivity index (χ0) is 34.4. The van der Waals surface area contributed by atoms with Crippen LogP contribution in [0.4, 0.5) is 0 Å². The average molecular weight is 675 g/mol. The maximum Gasteiger partial charge on any atom is 0.239 e. The van der Waals surface area contributed by atoms with Gasteiger partial charge in [-0.1, -0.05) is 30.0 Å². The van der Waals surface area contributed by atoms with Crippen LogP contribution in [0.3, 0.4) is 0 Å². The quantitative estimate of drug-likeness (QED) is 0.0731. The molecular formula is C35H38N4O8S. The number of thioether (sulfide) groups is 1. The van der Waals surface area contributed by atoms with Crippen molar-refractivity contribution in [2.24, 2.45) is 5.10 Å². The molecule has 0 aliphatic carbocycles. The lowest BCUT2D eigenvalue weighted by atomic mass is 10.1. The Bertz CT molecular complexity index is 2000. The second-order valence-corrected chi connectivity index (χ2v) is 11.7. The molecule has 3 aromatic carbocycles. The van der Waals surface area contributed by atoms with Gasteiger partial charge in [0.2, 0.25) is 22.1 Å². The van der Waals surface area contributed by atoms with Crippen molar-refractivity contribution in [3.05, 3.63) is 75.2 Å². The Kier molecular flexibility index (Phi) is 10.8. The molecule has 0 radical (unpaired) electrons. The number of benzene rings is 3. The van der Waals surface area contributed by atoms with Gasteiger partial charge in [-0.2, -0.15) is 9.78 Å². The standard InChI is InChI=1S/C35H38N4O8S/c1-20-10-11-23(14-21(20)2)19-36-39-22(3)37-38-35(39)48-13-9-12-46-34-31(40)30-26(42-5)17-25(41-4)18-27(30)47-32(34)24-15-28(43-6)33(45-8)29(16-24)44-7/h10-11,14-19H,9,12-13H2,1-8H3. The molecule has 0 atom stereocenters. The van der Waals surface area contributed by atoms with Crippen LogP contribution in [0.25, 0.3) is 22.3 Å². The van der Waals surface area contributed by atoms with Crippen molar-refractivity contribution >= 4 is 28.9 Å². The van der Waals surface area contributed by atoms with Gasteiger partial charge in [0, 0.05) is 23.4 Å². The minimum absolute atomic E-state index is 0.0160. The predicted octanol–water partition coefficient (Wildman–Crippen LogP) is 6.46. The molecule has 0 spiro atoms. The molecule has 0 saturated heterocycles. The Hall–Kier alpha value is -5.17. The molecule has 2 heterocycles. The van der Waals surface area contributed by atoms with E-state index in [4.69, 9.17) is 32.8 Å². The normalized spacial score (nSPS) is 11.2. The van der Waals surface area contributed by atoms with Gasteiger partial charge in [-0.05, 0) is 56.0 Å². The van der Waals surface area contributed by atoms with Gasteiger partial charge in [0.05, 0.1) is 48.4 Å². The molecule has 0 amide bonds. The zero-order valence-electron chi connectivity index (χ0n) is 28.2. The lowest BCUT2D eigenvalue weighted by Gasteiger charge is -2.17. The number of ether oxygens (including phenoxy) is 6. The molecule has 48 heavy (non-hydrogen) atoms. The van der Waals surface area contributed by atoms with Crippen LogP contribution in [0.1, 0.15) is 28.9 Å². The van der Waals surface area contributed by atoms with Crippen molar-refractivity contribution in [3.8, 4) is 45.8 Å². The van der Waals surface area contributed by atoms with Gasteiger partial charge in [0.1, 0.15) is 22.5 Å². The minimum atomic E-state index is -0.400. The molecule has 13 heteroatoms.